The van der Waals surface area contributed by atoms with Gasteiger partial charge in [0.15, 0.2) is 5.22 Å². The smallest absolute Gasteiger partial charge is 0.331 e. The Labute approximate surface area is 197 Å². The first-order valence-corrected chi connectivity index (χ1v) is 11.5. The first kappa shape index (κ1) is 21.6. The average Bonchev–Trinajstić information content (AvgIpc) is 3.42. The van der Waals surface area contributed by atoms with Crippen LogP contribution in [0, 0.1) is 11.3 Å². The molecule has 1 aromatic carbocycles. The normalized spacial score (nSPS) is 17.8. The number of benzene rings is 1. The van der Waals surface area contributed by atoms with Crippen molar-refractivity contribution in [2.24, 2.45) is 14.1 Å². The van der Waals surface area contributed by atoms with E-state index in [1.165, 1.54) is 23.4 Å². The number of furan rings is 1. The molecule has 1 aliphatic rings. The van der Waals surface area contributed by atoms with Gasteiger partial charge < -0.3 is 14.1 Å². The zero-order valence-corrected chi connectivity index (χ0v) is 19.4. The molecule has 4 heterocycles. The molecule has 0 radical (unpaired) electrons. The summed E-state index contributed by atoms with van der Waals surface area (Å²) in [6.07, 6.45) is 0. The Morgan fingerprint density at radius 2 is 2.03 bits per heavy atom. The highest BCUT2D eigenvalue weighted by Gasteiger charge is 2.37. The third kappa shape index (κ3) is 3.25. The molecule has 0 saturated heterocycles. The zero-order valence-electron chi connectivity index (χ0n) is 17.8. The van der Waals surface area contributed by atoms with E-state index in [0.29, 0.717) is 40.0 Å². The maximum atomic E-state index is 13.4. The summed E-state index contributed by atoms with van der Waals surface area (Å²) in [4.78, 5) is 26.3. The van der Waals surface area contributed by atoms with E-state index in [0.717, 1.165) is 10.3 Å². The number of hydrogen-bond acceptors (Lipinski definition) is 6. The molecule has 0 saturated carbocycles. The molecule has 0 unspecified atom stereocenters. The Hall–Kier alpha value is -3.19. The van der Waals surface area contributed by atoms with Crippen molar-refractivity contribution >= 4 is 34.3 Å². The molecule has 3 aromatic heterocycles. The highest BCUT2D eigenvalue weighted by Crippen LogP contribution is 2.49. The molecule has 168 valence electrons. The van der Waals surface area contributed by atoms with E-state index in [1.54, 1.807) is 37.4 Å². The average molecular weight is 483 g/mol. The Kier molecular flexibility index (Phi) is 5.24. The summed E-state index contributed by atoms with van der Waals surface area (Å²) in [5.41, 5.74) is 2.10. The molecule has 0 bridgehead atoms. The third-order valence-corrected chi connectivity index (χ3v) is 7.60. The van der Waals surface area contributed by atoms with E-state index >= 15 is 0 Å². The van der Waals surface area contributed by atoms with Crippen LogP contribution < -0.4 is 11.2 Å². The van der Waals surface area contributed by atoms with Gasteiger partial charge in [0, 0.05) is 31.5 Å². The number of aliphatic hydroxyl groups excluding tert-OH is 1. The fraction of sp³-hybridized carbons (Fsp3) is 0.261. The second-order valence-corrected chi connectivity index (χ2v) is 9.71. The molecule has 33 heavy (non-hydrogen) atoms. The van der Waals surface area contributed by atoms with E-state index in [2.05, 4.69) is 6.07 Å². The van der Waals surface area contributed by atoms with Gasteiger partial charge in [0.05, 0.1) is 40.5 Å². The van der Waals surface area contributed by atoms with Crippen LogP contribution in [-0.2, 0) is 20.6 Å². The first-order valence-electron chi connectivity index (χ1n) is 10.2. The van der Waals surface area contributed by atoms with Crippen molar-refractivity contribution in [2.75, 3.05) is 6.61 Å². The van der Waals surface area contributed by atoms with Gasteiger partial charge in [-0.15, -0.1) is 11.8 Å². The number of nitrogens with zero attached hydrogens (tertiary/aromatic N) is 4. The van der Waals surface area contributed by atoms with E-state index in [1.807, 2.05) is 10.6 Å². The number of thioether (sulfide) groups is 1. The maximum absolute atomic E-state index is 13.4. The lowest BCUT2D eigenvalue weighted by molar-refractivity contribution is 0.283. The zero-order chi connectivity index (χ0) is 23.4. The van der Waals surface area contributed by atoms with E-state index < -0.39 is 16.5 Å². The van der Waals surface area contributed by atoms with Gasteiger partial charge in [-0.1, -0.05) is 12.1 Å². The highest BCUT2D eigenvalue weighted by molar-refractivity contribution is 8.00. The molecule has 0 amide bonds. The Balaban J connectivity index is 1.97. The summed E-state index contributed by atoms with van der Waals surface area (Å²) in [5, 5.41) is 19.5. The summed E-state index contributed by atoms with van der Waals surface area (Å²) in [7, 11) is 3.08. The number of rotatable bonds is 3. The molecule has 0 aliphatic carbocycles. The van der Waals surface area contributed by atoms with E-state index in [-0.39, 0.29) is 17.1 Å². The molecule has 0 fully saturated rings. The minimum Gasteiger partial charge on any atom is -0.448 e. The van der Waals surface area contributed by atoms with Crippen LogP contribution in [0.2, 0.25) is 5.22 Å². The fourth-order valence-electron chi connectivity index (χ4n) is 4.51. The van der Waals surface area contributed by atoms with Gasteiger partial charge in [-0.3, -0.25) is 13.9 Å². The number of aryl methyl sites for hydroxylation is 1. The Bertz CT molecular complexity index is 1570. The molecule has 4 aromatic rings. The van der Waals surface area contributed by atoms with Crippen molar-refractivity contribution in [1.82, 2.24) is 13.7 Å². The van der Waals surface area contributed by atoms with Crippen LogP contribution in [0.3, 0.4) is 0 Å². The highest BCUT2D eigenvalue weighted by atomic mass is 35.5. The molecule has 1 N–H and O–H groups in total. The van der Waals surface area contributed by atoms with Gasteiger partial charge in [0.2, 0.25) is 0 Å². The molecular formula is C23H19ClN4O4S. The lowest BCUT2D eigenvalue weighted by Crippen LogP contribution is -2.37. The molecule has 8 nitrogen and oxygen atoms in total. The summed E-state index contributed by atoms with van der Waals surface area (Å²) >= 11 is 7.56. The van der Waals surface area contributed by atoms with E-state index in [4.69, 9.17) is 16.0 Å². The van der Waals surface area contributed by atoms with Crippen LogP contribution in [0.1, 0.15) is 22.3 Å². The van der Waals surface area contributed by atoms with Gasteiger partial charge >= 0.3 is 5.69 Å². The standard InChI is InChI=1S/C23H19ClN4O4S/c1-26-19-17(22(30)27(2)23(26)31)18(13-5-3-4-12(8-13)9-25)28-10-14(11-29)33-21(20(19)28)15-6-7-16(24)32-15/h3-8,14,21,29H,10-11H2,1-2H3/t14-,21-/m1/s1. The number of fused-ring (bicyclic) bond motifs is 3. The van der Waals surface area contributed by atoms with Gasteiger partial charge in [0.1, 0.15) is 11.0 Å². The third-order valence-electron chi connectivity index (χ3n) is 5.99. The van der Waals surface area contributed by atoms with Crippen molar-refractivity contribution in [1.29, 1.82) is 5.26 Å². The molecule has 2 atom stereocenters. The maximum Gasteiger partial charge on any atom is 0.331 e. The van der Waals surface area contributed by atoms with Crippen molar-refractivity contribution in [3.63, 3.8) is 0 Å². The Morgan fingerprint density at radius 1 is 1.24 bits per heavy atom. The number of hydrogen-bond donors (Lipinski definition) is 1. The topological polar surface area (TPSA) is 106 Å². The molecule has 0 spiro atoms. The van der Waals surface area contributed by atoms with Crippen molar-refractivity contribution in [3.05, 3.63) is 79.5 Å². The fourth-order valence-corrected chi connectivity index (χ4v) is 5.99. The minimum atomic E-state index is -0.441. The van der Waals surface area contributed by atoms with Gasteiger partial charge in [0.25, 0.3) is 5.56 Å². The molecule has 5 rings (SSSR count). The second kappa shape index (κ2) is 7.99. The predicted molar refractivity (Wildman–Crippen MR) is 127 cm³/mol. The van der Waals surface area contributed by atoms with Crippen molar-refractivity contribution in [2.45, 2.75) is 17.0 Å². The van der Waals surface area contributed by atoms with Crippen LogP contribution in [0.15, 0.2) is 50.4 Å². The van der Waals surface area contributed by atoms with Crippen LogP contribution in [0.25, 0.3) is 22.2 Å². The largest absolute Gasteiger partial charge is 0.448 e. The number of aliphatic hydroxyl groups is 1. The monoisotopic (exact) mass is 482 g/mol. The molecular weight excluding hydrogens is 464 g/mol. The van der Waals surface area contributed by atoms with Crippen LogP contribution in [0.5, 0.6) is 0 Å². The summed E-state index contributed by atoms with van der Waals surface area (Å²) < 4.78 is 10.3. The number of halogens is 1. The van der Waals surface area contributed by atoms with Gasteiger partial charge in [-0.2, -0.15) is 5.26 Å². The first-order chi connectivity index (χ1) is 15.8. The quantitative estimate of drug-likeness (QED) is 0.481. The van der Waals surface area contributed by atoms with E-state index in [9.17, 15) is 20.0 Å². The second-order valence-electron chi connectivity index (χ2n) is 7.93. The summed E-state index contributed by atoms with van der Waals surface area (Å²) in [6, 6.07) is 12.6. The SMILES string of the molecule is Cn1c(=O)c2c(-c3cccc(C#N)c3)n3c(c2n(C)c1=O)[C@@H](c1ccc(Cl)o1)S[C@@H](CO)C3. The van der Waals surface area contributed by atoms with Crippen LogP contribution in [0.4, 0.5) is 0 Å². The van der Waals surface area contributed by atoms with Crippen LogP contribution >= 0.6 is 23.4 Å². The molecule has 1 aliphatic heterocycles. The van der Waals surface area contributed by atoms with Gasteiger partial charge in [-0.25, -0.2) is 4.79 Å². The number of nitriles is 1. The van der Waals surface area contributed by atoms with Crippen molar-refractivity contribution < 1.29 is 9.52 Å². The number of aromatic nitrogens is 3. The summed E-state index contributed by atoms with van der Waals surface area (Å²) in [5.74, 6) is 0.564. The minimum absolute atomic E-state index is 0.0851. The lowest BCUT2D eigenvalue weighted by Gasteiger charge is -2.30. The molecule has 10 heteroatoms. The predicted octanol–water partition coefficient (Wildman–Crippen LogP) is 3.02. The van der Waals surface area contributed by atoms with Gasteiger partial charge in [-0.05, 0) is 35.9 Å². The lowest BCUT2D eigenvalue weighted by atomic mass is 10.1. The summed E-state index contributed by atoms with van der Waals surface area (Å²) in [6.45, 7) is 0.331. The van der Waals surface area contributed by atoms with Crippen molar-refractivity contribution in [3.8, 4) is 17.3 Å². The Morgan fingerprint density at radius 3 is 2.70 bits per heavy atom. The van der Waals surface area contributed by atoms with Crippen LogP contribution in [-0.4, -0.2) is 30.7 Å².